The molecule has 0 rings (SSSR count). The van der Waals surface area contributed by atoms with E-state index in [1.165, 1.54) is 0 Å². The molecule has 33 valence electrons. The number of carbonyl (C=O) groups excluding carboxylic acids is 1. The van der Waals surface area contributed by atoms with Gasteiger partial charge >= 0.3 is 41.7 Å². The van der Waals surface area contributed by atoms with Crippen LogP contribution in [0.3, 0.4) is 0 Å². The van der Waals surface area contributed by atoms with Crippen LogP contribution in [-0.2, 0) is 10.3 Å². The van der Waals surface area contributed by atoms with Crippen molar-refractivity contribution in [1.29, 1.82) is 0 Å². The van der Waals surface area contributed by atoms with Crippen molar-refractivity contribution >= 4 is 5.97 Å². The van der Waals surface area contributed by atoms with Crippen molar-refractivity contribution < 1.29 is 57.1 Å². The third-order valence-electron chi connectivity index (χ3n) is 0. The maximum Gasteiger partial charge on any atom is 3.00 e. The number of carboxylic acid groups (broad SMARTS) is 1. The van der Waals surface area contributed by atoms with Gasteiger partial charge in [-0.3, -0.25) is 0 Å². The fourth-order valence-corrected chi connectivity index (χ4v) is 0. The van der Waals surface area contributed by atoms with Gasteiger partial charge in [0, 0.05) is 5.97 Å². The minimum atomic E-state index is -1.08. The topological polar surface area (TPSA) is 68.6 Å². The number of rotatable bonds is 0. The SMILES string of the molecule is CC(=O)[O-].[Ce+3].[O-2]. The zero-order chi connectivity index (χ0) is 3.58. The van der Waals surface area contributed by atoms with Crippen LogP contribution in [0.1, 0.15) is 6.92 Å². The molecule has 0 saturated heterocycles. The Bertz CT molecular complexity index is 31.8. The van der Waals surface area contributed by atoms with E-state index < -0.39 is 5.97 Å². The molecule has 0 unspecified atom stereocenters. The first-order valence-electron chi connectivity index (χ1n) is 0.908. The molecule has 4 heteroatoms. The molecular formula is C2H3CeO3. The molecule has 0 saturated carbocycles. The van der Waals surface area contributed by atoms with Crippen molar-refractivity contribution in [3.8, 4) is 0 Å². The second-order valence-corrected chi connectivity index (χ2v) is 0.492. The molecular weight excluding hydrogens is 212 g/mol. The number of hydrogen-bond acceptors (Lipinski definition) is 2. The van der Waals surface area contributed by atoms with Crippen molar-refractivity contribution in [2.24, 2.45) is 0 Å². The van der Waals surface area contributed by atoms with Gasteiger partial charge in [0.1, 0.15) is 0 Å². The van der Waals surface area contributed by atoms with Gasteiger partial charge in [-0.15, -0.1) is 0 Å². The Balaban J connectivity index is -0.0000000450. The predicted molar refractivity (Wildman–Crippen MR) is 11.4 cm³/mol. The van der Waals surface area contributed by atoms with Crippen LogP contribution >= 0.6 is 0 Å². The maximum atomic E-state index is 8.89. The molecule has 0 atom stereocenters. The summed E-state index contributed by atoms with van der Waals surface area (Å²) in [5.74, 6) is -1.08. The van der Waals surface area contributed by atoms with E-state index in [0.29, 0.717) is 0 Å². The van der Waals surface area contributed by atoms with E-state index >= 15 is 0 Å². The van der Waals surface area contributed by atoms with Crippen LogP contribution in [0.2, 0.25) is 0 Å². The maximum absolute atomic E-state index is 8.89. The summed E-state index contributed by atoms with van der Waals surface area (Å²) in [5.41, 5.74) is 0. The van der Waals surface area contributed by atoms with Crippen LogP contribution in [0.15, 0.2) is 0 Å². The average Bonchev–Trinajstić information content (AvgIpc) is 0.811. The molecule has 0 aromatic heterocycles. The number of hydrogen-bond donors (Lipinski definition) is 0. The van der Waals surface area contributed by atoms with Gasteiger partial charge in [0.25, 0.3) is 0 Å². The van der Waals surface area contributed by atoms with Gasteiger partial charge in [0.2, 0.25) is 0 Å². The Morgan fingerprint density at radius 2 is 1.67 bits per heavy atom. The van der Waals surface area contributed by atoms with E-state index in [1.54, 1.807) is 0 Å². The van der Waals surface area contributed by atoms with Crippen molar-refractivity contribution in [2.45, 2.75) is 6.92 Å². The number of aliphatic carboxylic acids is 1. The molecule has 0 spiro atoms. The Morgan fingerprint density at radius 3 is 1.67 bits per heavy atom. The van der Waals surface area contributed by atoms with E-state index in [2.05, 4.69) is 0 Å². The van der Waals surface area contributed by atoms with Gasteiger partial charge in [-0.05, 0) is 6.92 Å². The van der Waals surface area contributed by atoms with E-state index in [1.807, 2.05) is 0 Å². The Kier molecular flexibility index (Phi) is 24.4. The van der Waals surface area contributed by atoms with Crippen LogP contribution in [-0.4, -0.2) is 5.97 Å². The van der Waals surface area contributed by atoms with Crippen LogP contribution < -0.4 is 5.11 Å². The first-order chi connectivity index (χ1) is 1.73. The molecule has 0 aromatic carbocycles. The summed E-state index contributed by atoms with van der Waals surface area (Å²) in [6.07, 6.45) is 0. The summed E-state index contributed by atoms with van der Waals surface area (Å²) < 4.78 is 0. The van der Waals surface area contributed by atoms with E-state index in [9.17, 15) is 0 Å². The Hall–Kier alpha value is 0.807. The van der Waals surface area contributed by atoms with Gasteiger partial charge in [-0.25, -0.2) is 0 Å². The molecule has 3 nitrogen and oxygen atoms in total. The van der Waals surface area contributed by atoms with E-state index in [0.717, 1.165) is 6.92 Å². The van der Waals surface area contributed by atoms with Crippen molar-refractivity contribution in [3.05, 3.63) is 0 Å². The minimum Gasteiger partial charge on any atom is -2.00 e. The summed E-state index contributed by atoms with van der Waals surface area (Å²) in [6.45, 7) is 0.972. The van der Waals surface area contributed by atoms with Crippen molar-refractivity contribution in [3.63, 3.8) is 0 Å². The molecule has 0 aliphatic heterocycles. The third kappa shape index (κ3) is 107. The van der Waals surface area contributed by atoms with E-state index in [-0.39, 0.29) is 47.2 Å². The Morgan fingerprint density at radius 1 is 1.67 bits per heavy atom. The van der Waals surface area contributed by atoms with Crippen molar-refractivity contribution in [1.82, 2.24) is 0 Å². The van der Waals surface area contributed by atoms with Gasteiger partial charge in [0.05, 0.1) is 0 Å². The molecule has 0 amide bonds. The average molecular weight is 215 g/mol. The molecule has 0 aliphatic rings. The predicted octanol–water partition coefficient (Wildman–Crippen LogP) is -1.36. The molecule has 0 N–H and O–H groups in total. The fourth-order valence-electron chi connectivity index (χ4n) is 0. The van der Waals surface area contributed by atoms with Crippen LogP contribution in [0.4, 0.5) is 0 Å². The van der Waals surface area contributed by atoms with Crippen LogP contribution in [0.25, 0.3) is 0 Å². The van der Waals surface area contributed by atoms with Crippen molar-refractivity contribution in [2.75, 3.05) is 0 Å². The smallest absolute Gasteiger partial charge is 2.00 e. The molecule has 0 aliphatic carbocycles. The summed E-state index contributed by atoms with van der Waals surface area (Å²) in [5, 5.41) is 8.89. The van der Waals surface area contributed by atoms with Gasteiger partial charge in [-0.2, -0.15) is 0 Å². The Labute approximate surface area is 69.4 Å². The molecule has 0 bridgehead atoms. The monoisotopic (exact) mass is 215 g/mol. The first-order valence-corrected chi connectivity index (χ1v) is 0.908. The van der Waals surface area contributed by atoms with Crippen LogP contribution in [0, 0.1) is 41.7 Å². The zero-order valence-corrected chi connectivity index (χ0v) is 6.36. The molecule has 6 heavy (non-hydrogen) atoms. The molecule has 1 radical (unpaired) electrons. The zero-order valence-electron chi connectivity index (χ0n) is 3.22. The molecule has 0 fully saturated rings. The van der Waals surface area contributed by atoms with Crippen LogP contribution in [0.5, 0.6) is 0 Å². The summed E-state index contributed by atoms with van der Waals surface area (Å²) >= 11 is 0. The first kappa shape index (κ1) is 15.8. The quantitative estimate of drug-likeness (QED) is 0.500. The second-order valence-electron chi connectivity index (χ2n) is 0.492. The number of carboxylic acids is 1. The normalized spacial score (nSPS) is 4.17. The van der Waals surface area contributed by atoms with Gasteiger partial charge in [0.15, 0.2) is 0 Å². The molecule has 0 heterocycles. The molecule has 0 aromatic rings. The van der Waals surface area contributed by atoms with Gasteiger partial charge in [-0.1, -0.05) is 0 Å². The van der Waals surface area contributed by atoms with Gasteiger partial charge < -0.3 is 15.4 Å². The number of carbonyl (C=O) groups is 1. The summed E-state index contributed by atoms with van der Waals surface area (Å²) in [6, 6.07) is 0. The minimum absolute atomic E-state index is 0. The second kappa shape index (κ2) is 9.26. The standard InChI is InChI=1S/C2H4O2.Ce.O/c1-2(3)4;;/h1H3,(H,3,4);;/q;+3;-2/p-1. The largest absolute Gasteiger partial charge is 3.00 e. The van der Waals surface area contributed by atoms with E-state index in [4.69, 9.17) is 9.90 Å². The third-order valence-corrected chi connectivity index (χ3v) is 0. The summed E-state index contributed by atoms with van der Waals surface area (Å²) in [4.78, 5) is 8.89. The summed E-state index contributed by atoms with van der Waals surface area (Å²) in [7, 11) is 0. The fraction of sp³-hybridized carbons (Fsp3) is 0.500.